The number of hydrogen-bond acceptors (Lipinski definition) is 4. The molecule has 0 bridgehead atoms. The van der Waals surface area contributed by atoms with E-state index in [0.29, 0.717) is 18.8 Å². The number of sulfonamides is 1. The number of carboxylic acids is 1. The molecular formula is C11H21NO5S. The van der Waals surface area contributed by atoms with E-state index in [1.807, 2.05) is 6.92 Å². The van der Waals surface area contributed by atoms with Crippen LogP contribution in [0.2, 0.25) is 0 Å². The van der Waals surface area contributed by atoms with E-state index in [1.165, 1.54) is 0 Å². The van der Waals surface area contributed by atoms with Gasteiger partial charge < -0.3 is 10.2 Å². The number of carbonyl (C=O) groups is 1. The van der Waals surface area contributed by atoms with Crippen LogP contribution < -0.4 is 4.72 Å². The van der Waals surface area contributed by atoms with E-state index in [0.717, 1.165) is 12.8 Å². The van der Waals surface area contributed by atoms with Gasteiger partial charge in [-0.05, 0) is 18.8 Å². The van der Waals surface area contributed by atoms with E-state index in [1.54, 1.807) is 0 Å². The van der Waals surface area contributed by atoms with Gasteiger partial charge in [-0.25, -0.2) is 13.1 Å². The molecule has 1 rings (SSSR count). The number of hydrogen-bond donors (Lipinski definition) is 3. The van der Waals surface area contributed by atoms with Crippen molar-refractivity contribution in [3.8, 4) is 0 Å². The predicted octanol–water partition coefficient (Wildman–Crippen LogP) is 0.322. The lowest BCUT2D eigenvalue weighted by Crippen LogP contribution is -2.46. The molecule has 1 fully saturated rings. The summed E-state index contributed by atoms with van der Waals surface area (Å²) in [5.74, 6) is -1.22. The van der Waals surface area contributed by atoms with Crippen LogP contribution in [0, 0.1) is 5.92 Å². The van der Waals surface area contributed by atoms with Crippen LogP contribution in [0.5, 0.6) is 0 Å². The first-order chi connectivity index (χ1) is 8.22. The molecule has 106 valence electrons. The Hall–Kier alpha value is -0.660. The van der Waals surface area contributed by atoms with E-state index in [2.05, 4.69) is 4.72 Å². The van der Waals surface area contributed by atoms with Gasteiger partial charge in [0.1, 0.15) is 0 Å². The van der Waals surface area contributed by atoms with Crippen molar-refractivity contribution >= 4 is 16.0 Å². The van der Waals surface area contributed by atoms with Crippen molar-refractivity contribution in [1.29, 1.82) is 0 Å². The lowest BCUT2D eigenvalue weighted by atomic mass is 9.79. The van der Waals surface area contributed by atoms with Crippen LogP contribution in [0.25, 0.3) is 0 Å². The maximum atomic E-state index is 11.5. The van der Waals surface area contributed by atoms with Crippen molar-refractivity contribution in [2.45, 2.75) is 44.6 Å². The number of aliphatic hydroxyl groups is 1. The third-order valence-electron chi connectivity index (χ3n) is 3.27. The largest absolute Gasteiger partial charge is 0.481 e. The number of nitrogens with one attached hydrogen (secondary N) is 1. The Labute approximate surface area is 107 Å². The van der Waals surface area contributed by atoms with Crippen LogP contribution in [0.15, 0.2) is 0 Å². The van der Waals surface area contributed by atoms with E-state index in [9.17, 15) is 18.3 Å². The van der Waals surface area contributed by atoms with Crippen LogP contribution in [0.4, 0.5) is 0 Å². The first-order valence-corrected chi connectivity index (χ1v) is 7.79. The van der Waals surface area contributed by atoms with Gasteiger partial charge in [0.2, 0.25) is 10.0 Å². The van der Waals surface area contributed by atoms with Gasteiger partial charge in [-0.3, -0.25) is 4.79 Å². The molecule has 0 aromatic heterocycles. The Morgan fingerprint density at radius 2 is 2.17 bits per heavy atom. The molecule has 0 aromatic rings. The fraction of sp³-hybridized carbons (Fsp3) is 0.909. The molecule has 0 aliphatic heterocycles. The molecule has 0 radical (unpaired) electrons. The van der Waals surface area contributed by atoms with Crippen LogP contribution in [0.3, 0.4) is 0 Å². The topological polar surface area (TPSA) is 104 Å². The summed E-state index contributed by atoms with van der Waals surface area (Å²) in [4.78, 5) is 10.3. The average Bonchev–Trinajstić information content (AvgIpc) is 2.24. The van der Waals surface area contributed by atoms with Crippen molar-refractivity contribution in [1.82, 2.24) is 4.72 Å². The Morgan fingerprint density at radius 3 is 2.72 bits per heavy atom. The van der Waals surface area contributed by atoms with Gasteiger partial charge in [-0.1, -0.05) is 19.8 Å². The van der Waals surface area contributed by atoms with Gasteiger partial charge in [-0.15, -0.1) is 0 Å². The monoisotopic (exact) mass is 279 g/mol. The van der Waals surface area contributed by atoms with E-state index < -0.39 is 33.8 Å². The molecule has 0 aromatic carbocycles. The molecule has 1 saturated carbocycles. The normalized spacial score (nSPS) is 29.1. The molecule has 3 N–H and O–H groups in total. The summed E-state index contributed by atoms with van der Waals surface area (Å²) in [6.45, 7) is 2.00. The van der Waals surface area contributed by atoms with Crippen molar-refractivity contribution in [2.75, 3.05) is 12.3 Å². The third-order valence-corrected chi connectivity index (χ3v) is 4.60. The summed E-state index contributed by atoms with van der Waals surface area (Å²) in [5, 5.41) is 18.7. The summed E-state index contributed by atoms with van der Waals surface area (Å²) in [6, 6.07) is 0. The first kappa shape index (κ1) is 15.4. The number of carboxylic acid groups (broad SMARTS) is 1. The second-order valence-electron chi connectivity index (χ2n) is 5.21. The minimum atomic E-state index is -3.62. The van der Waals surface area contributed by atoms with Crippen molar-refractivity contribution in [3.05, 3.63) is 0 Å². The molecule has 0 heterocycles. The molecule has 1 aliphatic rings. The fourth-order valence-electron chi connectivity index (χ4n) is 2.33. The summed E-state index contributed by atoms with van der Waals surface area (Å²) >= 11 is 0. The molecule has 0 saturated heterocycles. The Balaban J connectivity index is 2.45. The van der Waals surface area contributed by atoms with Crippen LogP contribution in [-0.2, 0) is 14.8 Å². The summed E-state index contributed by atoms with van der Waals surface area (Å²) in [6.07, 6.45) is 2.67. The summed E-state index contributed by atoms with van der Waals surface area (Å²) < 4.78 is 25.3. The zero-order valence-electron chi connectivity index (χ0n) is 10.6. The highest BCUT2D eigenvalue weighted by Crippen LogP contribution is 2.31. The summed E-state index contributed by atoms with van der Waals surface area (Å²) in [5.41, 5.74) is -0.992. The maximum Gasteiger partial charge on any atom is 0.304 e. The fourth-order valence-corrected chi connectivity index (χ4v) is 3.41. The van der Waals surface area contributed by atoms with Gasteiger partial charge in [0.05, 0.1) is 17.8 Å². The second-order valence-corrected chi connectivity index (χ2v) is 7.14. The molecule has 7 heteroatoms. The van der Waals surface area contributed by atoms with Crippen molar-refractivity contribution in [2.24, 2.45) is 5.92 Å². The zero-order chi connectivity index (χ0) is 13.8. The molecular weight excluding hydrogens is 258 g/mol. The van der Waals surface area contributed by atoms with Crippen molar-refractivity contribution < 1.29 is 23.4 Å². The van der Waals surface area contributed by atoms with Gasteiger partial charge in [0.15, 0.2) is 0 Å². The minimum Gasteiger partial charge on any atom is -0.481 e. The molecule has 6 nitrogen and oxygen atoms in total. The highest BCUT2D eigenvalue weighted by Gasteiger charge is 2.33. The van der Waals surface area contributed by atoms with E-state index in [4.69, 9.17) is 5.11 Å². The highest BCUT2D eigenvalue weighted by molar-refractivity contribution is 7.89. The third kappa shape index (κ3) is 5.32. The maximum absolute atomic E-state index is 11.5. The highest BCUT2D eigenvalue weighted by atomic mass is 32.2. The van der Waals surface area contributed by atoms with Gasteiger partial charge in [0.25, 0.3) is 0 Å². The van der Waals surface area contributed by atoms with E-state index >= 15 is 0 Å². The molecule has 1 aliphatic carbocycles. The standard InChI is InChI=1S/C11H21NO5S/c1-9-3-2-5-11(15,7-9)8-12-18(16,17)6-4-10(13)14/h9,12,15H,2-8H2,1H3,(H,13,14). The molecule has 2 unspecified atom stereocenters. The number of aliphatic carboxylic acids is 1. The smallest absolute Gasteiger partial charge is 0.304 e. The molecule has 2 atom stereocenters. The Bertz CT molecular complexity index is 394. The SMILES string of the molecule is CC1CCCC(O)(CNS(=O)(=O)CCC(=O)O)C1. The second kappa shape index (κ2) is 5.99. The lowest BCUT2D eigenvalue weighted by Gasteiger charge is -2.35. The van der Waals surface area contributed by atoms with Gasteiger partial charge in [0, 0.05) is 6.54 Å². The zero-order valence-corrected chi connectivity index (χ0v) is 11.4. The first-order valence-electron chi connectivity index (χ1n) is 6.14. The predicted molar refractivity (Wildman–Crippen MR) is 66.6 cm³/mol. The van der Waals surface area contributed by atoms with Crippen molar-refractivity contribution in [3.63, 3.8) is 0 Å². The van der Waals surface area contributed by atoms with Crippen LogP contribution >= 0.6 is 0 Å². The minimum absolute atomic E-state index is 0.0285. The molecule has 18 heavy (non-hydrogen) atoms. The van der Waals surface area contributed by atoms with Crippen LogP contribution in [-0.4, -0.2) is 42.5 Å². The molecule has 0 spiro atoms. The van der Waals surface area contributed by atoms with Gasteiger partial charge >= 0.3 is 5.97 Å². The van der Waals surface area contributed by atoms with E-state index in [-0.39, 0.29) is 6.54 Å². The molecule has 0 amide bonds. The van der Waals surface area contributed by atoms with Gasteiger partial charge in [-0.2, -0.15) is 0 Å². The Kier molecular flexibility index (Phi) is 5.12. The average molecular weight is 279 g/mol. The lowest BCUT2D eigenvalue weighted by molar-refractivity contribution is -0.136. The quantitative estimate of drug-likeness (QED) is 0.649. The number of rotatable bonds is 6. The summed E-state index contributed by atoms with van der Waals surface area (Å²) in [7, 11) is -3.62. The Morgan fingerprint density at radius 1 is 1.50 bits per heavy atom. The van der Waals surface area contributed by atoms with Crippen LogP contribution in [0.1, 0.15) is 39.0 Å².